The number of hydrogen-bond donors (Lipinski definition) is 8. The van der Waals surface area contributed by atoms with Crippen molar-refractivity contribution in [1.29, 1.82) is 0 Å². The number of rotatable bonds is 21. The molecular formula is C36H51N7O9. The molecule has 0 bridgehead atoms. The Morgan fingerprint density at radius 3 is 1.85 bits per heavy atom. The molecule has 0 aliphatic carbocycles. The number of hydrogen-bond acceptors (Lipinski definition) is 10. The lowest BCUT2D eigenvalue weighted by Gasteiger charge is -2.23. The lowest BCUT2D eigenvalue weighted by molar-refractivity contribution is -0.403. The lowest BCUT2D eigenvalue weighted by atomic mass is 9.92. The molecular weight excluding hydrogens is 674 g/mol. The summed E-state index contributed by atoms with van der Waals surface area (Å²) >= 11 is 0. The van der Waals surface area contributed by atoms with Crippen molar-refractivity contribution in [3.05, 3.63) is 81.8 Å². The van der Waals surface area contributed by atoms with E-state index in [4.69, 9.17) is 0 Å². The molecule has 16 nitrogen and oxygen atoms in total. The Labute approximate surface area is 303 Å². The van der Waals surface area contributed by atoms with E-state index >= 15 is 0 Å². The average Bonchev–Trinajstić information content (AvgIpc) is 3.01. The summed E-state index contributed by atoms with van der Waals surface area (Å²) in [6.07, 6.45) is 1.05. The van der Waals surface area contributed by atoms with Crippen LogP contribution in [0.2, 0.25) is 0 Å². The van der Waals surface area contributed by atoms with Gasteiger partial charge in [0.05, 0.1) is 11.3 Å². The SMILES string of the molecule is Cc1ccc(N/C(=C/[N+](=O)[O-])Nc2ccc(CC(=O)NC(CC(C)C)C(=O)NC(CNCCC(NC(=O)CC(C)(C)C)C(=O)O)C(=O)O)cc2)cc1. The molecule has 2 rings (SSSR count). The fraction of sp³-hybridized carbons (Fsp3) is 0.472. The van der Waals surface area contributed by atoms with Crippen LogP contribution in [0.4, 0.5) is 11.4 Å². The Balaban J connectivity index is 1.97. The van der Waals surface area contributed by atoms with Crippen molar-refractivity contribution < 1.29 is 39.1 Å². The van der Waals surface area contributed by atoms with Crippen LogP contribution in [0.1, 0.15) is 65.0 Å². The third kappa shape index (κ3) is 16.9. The highest BCUT2D eigenvalue weighted by atomic mass is 16.6. The molecule has 0 aromatic heterocycles. The fourth-order valence-corrected chi connectivity index (χ4v) is 4.94. The minimum absolute atomic E-state index is 0.0182. The van der Waals surface area contributed by atoms with E-state index in [2.05, 4.69) is 31.9 Å². The monoisotopic (exact) mass is 725 g/mol. The smallest absolute Gasteiger partial charge is 0.327 e. The molecule has 52 heavy (non-hydrogen) atoms. The van der Waals surface area contributed by atoms with E-state index in [9.17, 15) is 44.3 Å². The lowest BCUT2D eigenvalue weighted by Crippen LogP contribution is -2.55. The minimum atomic E-state index is -1.38. The van der Waals surface area contributed by atoms with E-state index in [1.54, 1.807) is 36.4 Å². The molecule has 3 unspecified atom stereocenters. The predicted molar refractivity (Wildman–Crippen MR) is 196 cm³/mol. The largest absolute Gasteiger partial charge is 0.480 e. The highest BCUT2D eigenvalue weighted by molar-refractivity contribution is 5.91. The Bertz CT molecular complexity index is 1570. The third-order valence-corrected chi connectivity index (χ3v) is 7.42. The van der Waals surface area contributed by atoms with Gasteiger partial charge in [-0.15, -0.1) is 0 Å². The number of amides is 3. The van der Waals surface area contributed by atoms with Crippen molar-refractivity contribution in [1.82, 2.24) is 21.3 Å². The van der Waals surface area contributed by atoms with Crippen LogP contribution in [0.3, 0.4) is 0 Å². The zero-order chi connectivity index (χ0) is 39.0. The van der Waals surface area contributed by atoms with Gasteiger partial charge >= 0.3 is 11.9 Å². The zero-order valence-corrected chi connectivity index (χ0v) is 30.4. The summed E-state index contributed by atoms with van der Waals surface area (Å²) < 4.78 is 0. The first-order chi connectivity index (χ1) is 24.3. The van der Waals surface area contributed by atoms with E-state index in [1.165, 1.54) is 0 Å². The van der Waals surface area contributed by atoms with Crippen LogP contribution in [-0.2, 0) is 30.4 Å². The Hall–Kier alpha value is -5.51. The van der Waals surface area contributed by atoms with Gasteiger partial charge in [0.1, 0.15) is 18.1 Å². The average molecular weight is 726 g/mol. The van der Waals surface area contributed by atoms with Crippen molar-refractivity contribution in [2.24, 2.45) is 11.3 Å². The van der Waals surface area contributed by atoms with Gasteiger partial charge in [-0.3, -0.25) is 24.5 Å². The quantitative estimate of drug-likeness (QED) is 0.0526. The van der Waals surface area contributed by atoms with Gasteiger partial charge in [0.2, 0.25) is 17.7 Å². The predicted octanol–water partition coefficient (Wildman–Crippen LogP) is 3.22. The molecule has 0 aliphatic heterocycles. The zero-order valence-electron chi connectivity index (χ0n) is 30.4. The highest BCUT2D eigenvalue weighted by Gasteiger charge is 2.28. The van der Waals surface area contributed by atoms with Crippen LogP contribution >= 0.6 is 0 Å². The van der Waals surface area contributed by atoms with Crippen molar-refractivity contribution in [2.45, 2.75) is 85.4 Å². The van der Waals surface area contributed by atoms with Crippen LogP contribution in [0.5, 0.6) is 0 Å². The van der Waals surface area contributed by atoms with Crippen molar-refractivity contribution in [3.63, 3.8) is 0 Å². The van der Waals surface area contributed by atoms with Crippen LogP contribution < -0.4 is 31.9 Å². The number of carboxylic acid groups (broad SMARTS) is 2. The second-order valence-corrected chi connectivity index (χ2v) is 14.2. The van der Waals surface area contributed by atoms with E-state index in [-0.39, 0.29) is 55.9 Å². The van der Waals surface area contributed by atoms with Gasteiger partial charge in [0, 0.05) is 24.3 Å². The maximum Gasteiger partial charge on any atom is 0.327 e. The topological polar surface area (TPSA) is 241 Å². The molecule has 0 aliphatic rings. The van der Waals surface area contributed by atoms with Crippen molar-refractivity contribution >= 4 is 41.0 Å². The number of carbonyl (C=O) groups excluding carboxylic acids is 3. The molecule has 0 fully saturated rings. The first-order valence-electron chi connectivity index (χ1n) is 16.9. The van der Waals surface area contributed by atoms with Gasteiger partial charge in [-0.2, -0.15) is 0 Å². The number of aliphatic carboxylic acids is 2. The number of benzene rings is 2. The molecule has 8 N–H and O–H groups in total. The van der Waals surface area contributed by atoms with Gasteiger partial charge < -0.3 is 42.1 Å². The van der Waals surface area contributed by atoms with Gasteiger partial charge in [0.25, 0.3) is 6.20 Å². The van der Waals surface area contributed by atoms with Crippen LogP contribution in [0, 0.1) is 28.4 Å². The summed E-state index contributed by atoms with van der Waals surface area (Å²) in [7, 11) is 0. The maximum absolute atomic E-state index is 13.2. The summed E-state index contributed by atoms with van der Waals surface area (Å²) in [4.78, 5) is 72.6. The molecule has 2 aromatic rings. The molecule has 0 heterocycles. The molecule has 0 saturated carbocycles. The summed E-state index contributed by atoms with van der Waals surface area (Å²) in [5.74, 6) is -4.04. The summed E-state index contributed by atoms with van der Waals surface area (Å²) in [5.41, 5.74) is 2.47. The summed E-state index contributed by atoms with van der Waals surface area (Å²) in [5, 5.41) is 46.8. The highest BCUT2D eigenvalue weighted by Crippen LogP contribution is 2.18. The van der Waals surface area contributed by atoms with Crippen molar-refractivity contribution in [3.8, 4) is 0 Å². The number of nitro groups is 1. The minimum Gasteiger partial charge on any atom is -0.480 e. The normalized spacial score (nSPS) is 13.3. The van der Waals surface area contributed by atoms with Gasteiger partial charge in [-0.05, 0) is 67.5 Å². The van der Waals surface area contributed by atoms with Crippen LogP contribution in [0.15, 0.2) is 60.6 Å². The van der Waals surface area contributed by atoms with E-state index in [0.717, 1.165) is 11.8 Å². The summed E-state index contributed by atoms with van der Waals surface area (Å²) in [6, 6.07) is 10.3. The third-order valence-electron chi connectivity index (χ3n) is 7.42. The van der Waals surface area contributed by atoms with Crippen LogP contribution in [0.25, 0.3) is 0 Å². The number of carboxylic acids is 2. The molecule has 3 atom stereocenters. The number of carbonyl (C=O) groups is 5. The molecule has 3 amide bonds. The molecule has 0 radical (unpaired) electrons. The second-order valence-electron chi connectivity index (χ2n) is 14.2. The second kappa shape index (κ2) is 20.4. The summed E-state index contributed by atoms with van der Waals surface area (Å²) in [6.45, 7) is 11.0. The first-order valence-corrected chi connectivity index (χ1v) is 16.9. The number of nitrogens with zero attached hydrogens (tertiary/aromatic N) is 1. The molecule has 0 saturated heterocycles. The molecule has 0 spiro atoms. The maximum atomic E-state index is 13.2. The molecule has 16 heteroatoms. The number of nitrogens with one attached hydrogen (secondary N) is 6. The van der Waals surface area contributed by atoms with Gasteiger partial charge in [-0.25, -0.2) is 9.59 Å². The molecule has 284 valence electrons. The van der Waals surface area contributed by atoms with Gasteiger partial charge in [-0.1, -0.05) is 64.4 Å². The Morgan fingerprint density at radius 1 is 0.808 bits per heavy atom. The molecule has 2 aromatic carbocycles. The van der Waals surface area contributed by atoms with Gasteiger partial charge in [0.15, 0.2) is 5.82 Å². The van der Waals surface area contributed by atoms with Crippen molar-refractivity contribution in [2.75, 3.05) is 23.7 Å². The first kappa shape index (κ1) is 42.7. The van der Waals surface area contributed by atoms with Crippen LogP contribution in [-0.4, -0.2) is 76.0 Å². The Kier molecular flexibility index (Phi) is 16.7. The Morgan fingerprint density at radius 2 is 1.35 bits per heavy atom. The fourth-order valence-electron chi connectivity index (χ4n) is 4.94. The van der Waals surface area contributed by atoms with E-state index < -0.39 is 52.7 Å². The standard InChI is InChI=1S/C36H51N7O9/c1-22(2)17-28(33(46)42-29(35(49)50)20-37-16-15-27(34(47)48)40-32(45)19-36(4,5)6)41-31(44)18-24-9-13-26(14-10-24)39-30(21-43(51)52)38-25-11-7-23(3)8-12-25/h7-14,21-22,27-29,37-39H,15-20H2,1-6H3,(H,40,45)(H,41,44)(H,42,46)(H,47,48)(H,49,50)/b30-21-. The number of aryl methyl sites for hydroxylation is 1. The van der Waals surface area contributed by atoms with E-state index in [1.807, 2.05) is 53.7 Å². The number of anilines is 2. The van der Waals surface area contributed by atoms with E-state index in [0.29, 0.717) is 16.9 Å².